The van der Waals surface area contributed by atoms with E-state index in [1.54, 1.807) is 12.1 Å². The fourth-order valence-corrected chi connectivity index (χ4v) is 2.41. The summed E-state index contributed by atoms with van der Waals surface area (Å²) >= 11 is 0. The number of aromatic nitrogens is 1. The zero-order valence-corrected chi connectivity index (χ0v) is 10.6. The maximum absolute atomic E-state index is 12.4. The second-order valence-electron chi connectivity index (χ2n) is 4.50. The van der Waals surface area contributed by atoms with Crippen LogP contribution in [0, 0.1) is 0 Å². The van der Waals surface area contributed by atoms with Gasteiger partial charge in [0.2, 0.25) is 5.56 Å². The van der Waals surface area contributed by atoms with E-state index in [2.05, 4.69) is 10.3 Å². The van der Waals surface area contributed by atoms with Crippen LogP contribution in [0.15, 0.2) is 23.0 Å². The van der Waals surface area contributed by atoms with Gasteiger partial charge < -0.3 is 15.2 Å². The van der Waals surface area contributed by atoms with Gasteiger partial charge in [-0.05, 0) is 38.9 Å². The lowest BCUT2D eigenvalue weighted by Crippen LogP contribution is -2.46. The van der Waals surface area contributed by atoms with Crippen molar-refractivity contribution in [2.75, 3.05) is 19.6 Å². The number of hydrogen-bond donors (Lipinski definition) is 2. The van der Waals surface area contributed by atoms with Crippen LogP contribution in [0.1, 0.15) is 30.3 Å². The van der Waals surface area contributed by atoms with E-state index in [4.69, 9.17) is 0 Å². The minimum Gasteiger partial charge on any atom is -0.335 e. The van der Waals surface area contributed by atoms with E-state index < -0.39 is 0 Å². The SMILES string of the molecule is CCN(C(=O)c1cccc(=O)[nH]1)C1CCNCC1. The minimum absolute atomic E-state index is 0.0814. The summed E-state index contributed by atoms with van der Waals surface area (Å²) in [6.45, 7) is 4.53. The Labute approximate surface area is 106 Å². The largest absolute Gasteiger partial charge is 0.335 e. The van der Waals surface area contributed by atoms with Crippen molar-refractivity contribution in [1.29, 1.82) is 0 Å². The number of amides is 1. The third-order valence-electron chi connectivity index (χ3n) is 3.35. The Morgan fingerprint density at radius 3 is 2.72 bits per heavy atom. The van der Waals surface area contributed by atoms with Gasteiger partial charge >= 0.3 is 0 Å². The topological polar surface area (TPSA) is 65.2 Å². The third-order valence-corrected chi connectivity index (χ3v) is 3.35. The first-order valence-electron chi connectivity index (χ1n) is 6.43. The molecular weight excluding hydrogens is 230 g/mol. The number of carbonyl (C=O) groups is 1. The molecule has 18 heavy (non-hydrogen) atoms. The van der Waals surface area contributed by atoms with Crippen LogP contribution < -0.4 is 10.9 Å². The van der Waals surface area contributed by atoms with Gasteiger partial charge in [-0.1, -0.05) is 6.07 Å². The third kappa shape index (κ3) is 2.79. The van der Waals surface area contributed by atoms with Crippen LogP contribution in [0.4, 0.5) is 0 Å². The lowest BCUT2D eigenvalue weighted by atomic mass is 10.0. The zero-order chi connectivity index (χ0) is 13.0. The van der Waals surface area contributed by atoms with E-state index in [-0.39, 0.29) is 17.5 Å². The molecule has 2 N–H and O–H groups in total. The molecule has 1 fully saturated rings. The first kappa shape index (κ1) is 12.8. The summed E-state index contributed by atoms with van der Waals surface area (Å²) in [6.07, 6.45) is 1.94. The number of pyridine rings is 1. The number of carbonyl (C=O) groups excluding carboxylic acids is 1. The summed E-state index contributed by atoms with van der Waals surface area (Å²) in [5, 5.41) is 3.29. The highest BCUT2D eigenvalue weighted by atomic mass is 16.2. The van der Waals surface area contributed by atoms with Crippen molar-refractivity contribution in [3.05, 3.63) is 34.2 Å². The predicted octanol–water partition coefficient (Wildman–Crippen LogP) is 0.589. The van der Waals surface area contributed by atoms with Crippen LogP contribution in [0.3, 0.4) is 0 Å². The standard InChI is InChI=1S/C13H19N3O2/c1-2-16(10-6-8-14-9-7-10)13(18)11-4-3-5-12(17)15-11/h3-5,10,14H,2,6-9H2,1H3,(H,15,17). The van der Waals surface area contributed by atoms with Crippen molar-refractivity contribution in [2.24, 2.45) is 0 Å². The Morgan fingerprint density at radius 2 is 2.11 bits per heavy atom. The van der Waals surface area contributed by atoms with Crippen LogP contribution in [0.5, 0.6) is 0 Å². The van der Waals surface area contributed by atoms with Gasteiger partial charge in [-0.2, -0.15) is 0 Å². The molecule has 0 radical (unpaired) electrons. The van der Waals surface area contributed by atoms with Crippen LogP contribution in [0.2, 0.25) is 0 Å². The first-order valence-corrected chi connectivity index (χ1v) is 6.43. The molecular formula is C13H19N3O2. The summed E-state index contributed by atoms with van der Waals surface area (Å²) < 4.78 is 0. The molecule has 1 amide bonds. The van der Waals surface area contributed by atoms with Crippen LogP contribution in [0.25, 0.3) is 0 Å². The molecule has 1 saturated heterocycles. The van der Waals surface area contributed by atoms with Gasteiger partial charge in [-0.3, -0.25) is 9.59 Å². The maximum Gasteiger partial charge on any atom is 0.270 e. The van der Waals surface area contributed by atoms with Gasteiger partial charge in [-0.15, -0.1) is 0 Å². The van der Waals surface area contributed by atoms with Crippen molar-refractivity contribution in [2.45, 2.75) is 25.8 Å². The molecule has 1 aromatic rings. The van der Waals surface area contributed by atoms with Gasteiger partial charge in [0, 0.05) is 18.7 Å². The van der Waals surface area contributed by atoms with E-state index in [0.29, 0.717) is 12.2 Å². The molecule has 98 valence electrons. The highest BCUT2D eigenvalue weighted by Crippen LogP contribution is 2.14. The predicted molar refractivity (Wildman–Crippen MR) is 69.7 cm³/mol. The Kier molecular flexibility index (Phi) is 4.15. The Hall–Kier alpha value is -1.62. The molecule has 2 rings (SSSR count). The summed E-state index contributed by atoms with van der Waals surface area (Å²) in [4.78, 5) is 28.1. The molecule has 0 bridgehead atoms. The Bertz CT molecular complexity index is 463. The second kappa shape index (κ2) is 5.82. The maximum atomic E-state index is 12.4. The lowest BCUT2D eigenvalue weighted by molar-refractivity contribution is 0.0650. The van der Waals surface area contributed by atoms with E-state index in [9.17, 15) is 9.59 Å². The van der Waals surface area contributed by atoms with Crippen molar-refractivity contribution in [3.63, 3.8) is 0 Å². The number of piperidine rings is 1. The van der Waals surface area contributed by atoms with Gasteiger partial charge in [-0.25, -0.2) is 0 Å². The highest BCUT2D eigenvalue weighted by molar-refractivity contribution is 5.92. The fraction of sp³-hybridized carbons (Fsp3) is 0.538. The minimum atomic E-state index is -0.234. The van der Waals surface area contributed by atoms with Gasteiger partial charge in [0.15, 0.2) is 0 Å². The molecule has 0 spiro atoms. The van der Waals surface area contributed by atoms with Crippen molar-refractivity contribution < 1.29 is 4.79 Å². The van der Waals surface area contributed by atoms with Crippen LogP contribution >= 0.6 is 0 Å². The van der Waals surface area contributed by atoms with Crippen molar-refractivity contribution >= 4 is 5.91 Å². The molecule has 0 saturated carbocycles. The van der Waals surface area contributed by atoms with Crippen molar-refractivity contribution in [3.8, 4) is 0 Å². The molecule has 0 aromatic carbocycles. The number of aromatic amines is 1. The summed E-state index contributed by atoms with van der Waals surface area (Å²) in [6, 6.07) is 4.96. The van der Waals surface area contributed by atoms with E-state index in [0.717, 1.165) is 25.9 Å². The molecule has 1 aromatic heterocycles. The van der Waals surface area contributed by atoms with E-state index >= 15 is 0 Å². The van der Waals surface area contributed by atoms with E-state index in [1.165, 1.54) is 6.07 Å². The molecule has 0 atom stereocenters. The molecule has 1 aliphatic heterocycles. The normalized spacial score (nSPS) is 16.5. The first-order chi connectivity index (χ1) is 8.72. The van der Waals surface area contributed by atoms with Gasteiger partial charge in [0.1, 0.15) is 5.69 Å². The Balaban J connectivity index is 2.16. The summed E-state index contributed by atoms with van der Waals surface area (Å²) in [5.41, 5.74) is 0.144. The summed E-state index contributed by atoms with van der Waals surface area (Å²) in [5.74, 6) is -0.0814. The molecule has 5 nitrogen and oxygen atoms in total. The van der Waals surface area contributed by atoms with Crippen LogP contribution in [-0.2, 0) is 0 Å². The lowest BCUT2D eigenvalue weighted by Gasteiger charge is -2.33. The highest BCUT2D eigenvalue weighted by Gasteiger charge is 2.25. The van der Waals surface area contributed by atoms with Crippen LogP contribution in [-0.4, -0.2) is 41.5 Å². The zero-order valence-electron chi connectivity index (χ0n) is 10.6. The average molecular weight is 249 g/mol. The Morgan fingerprint density at radius 1 is 1.39 bits per heavy atom. The summed E-state index contributed by atoms with van der Waals surface area (Å²) in [7, 11) is 0. The quantitative estimate of drug-likeness (QED) is 0.824. The van der Waals surface area contributed by atoms with Crippen molar-refractivity contribution in [1.82, 2.24) is 15.2 Å². The molecule has 0 unspecified atom stereocenters. The fourth-order valence-electron chi connectivity index (χ4n) is 2.41. The molecule has 0 aliphatic carbocycles. The van der Waals surface area contributed by atoms with Gasteiger partial charge in [0.25, 0.3) is 5.91 Å². The molecule has 5 heteroatoms. The monoisotopic (exact) mass is 249 g/mol. The number of hydrogen-bond acceptors (Lipinski definition) is 3. The number of rotatable bonds is 3. The van der Waals surface area contributed by atoms with Gasteiger partial charge in [0.05, 0.1) is 0 Å². The second-order valence-corrected chi connectivity index (χ2v) is 4.50. The smallest absolute Gasteiger partial charge is 0.270 e. The average Bonchev–Trinajstić information content (AvgIpc) is 2.41. The molecule has 1 aliphatic rings. The molecule has 2 heterocycles. The number of nitrogens with one attached hydrogen (secondary N) is 2. The van der Waals surface area contributed by atoms with E-state index in [1.807, 2.05) is 11.8 Å². The number of H-pyrrole nitrogens is 1. The number of nitrogens with zero attached hydrogens (tertiary/aromatic N) is 1.